The maximum absolute atomic E-state index is 13.9. The lowest BCUT2D eigenvalue weighted by molar-refractivity contribution is 0.244. The van der Waals surface area contributed by atoms with Crippen molar-refractivity contribution in [2.75, 3.05) is 11.2 Å². The summed E-state index contributed by atoms with van der Waals surface area (Å²) < 4.78 is 19.6. The van der Waals surface area contributed by atoms with Crippen LogP contribution < -0.4 is 10.2 Å². The van der Waals surface area contributed by atoms with Crippen LogP contribution in [0.1, 0.15) is 30.0 Å². The zero-order valence-electron chi connectivity index (χ0n) is 18.7. The second kappa shape index (κ2) is 9.08. The smallest absolute Gasteiger partial charge is 0.326 e. The number of urea groups is 1. The predicted molar refractivity (Wildman–Crippen MR) is 133 cm³/mol. The largest absolute Gasteiger partial charge is 0.334 e. The van der Waals surface area contributed by atoms with Crippen molar-refractivity contribution < 1.29 is 13.7 Å². The number of anilines is 1. The van der Waals surface area contributed by atoms with Gasteiger partial charge in [0.25, 0.3) is 5.89 Å². The lowest BCUT2D eigenvalue weighted by atomic mass is 9.94. The monoisotopic (exact) mass is 492 g/mol. The van der Waals surface area contributed by atoms with E-state index in [4.69, 9.17) is 4.52 Å². The van der Waals surface area contributed by atoms with Gasteiger partial charge in [-0.05, 0) is 73.0 Å². The molecule has 0 fully saturated rings. The molecule has 9 heteroatoms. The fourth-order valence-corrected chi connectivity index (χ4v) is 5.04. The van der Waals surface area contributed by atoms with Crippen LogP contribution in [0.15, 0.2) is 75.1 Å². The first kappa shape index (κ1) is 22.4. The zero-order chi connectivity index (χ0) is 23.8. The van der Waals surface area contributed by atoms with E-state index in [-0.39, 0.29) is 11.8 Å². The molecule has 0 bridgehead atoms. The summed E-state index contributed by atoms with van der Waals surface area (Å²) in [5.74, 6) is 0.485. The minimum atomic E-state index is -0.488. The van der Waals surface area contributed by atoms with E-state index >= 15 is 0 Å². The van der Waals surface area contributed by atoms with Gasteiger partial charge >= 0.3 is 6.03 Å². The quantitative estimate of drug-likeness (QED) is 0.315. The number of carbonyl (C=O) groups is 1. The van der Waals surface area contributed by atoms with E-state index in [0.29, 0.717) is 34.2 Å². The fraction of sp³-hybridized carbons (Fsp3) is 0.160. The maximum atomic E-state index is 13.9. The van der Waals surface area contributed by atoms with Gasteiger partial charge in [-0.2, -0.15) is 4.98 Å². The molecule has 3 heterocycles. The average molecular weight is 493 g/mol. The van der Waals surface area contributed by atoms with E-state index in [1.54, 1.807) is 30.8 Å². The summed E-state index contributed by atoms with van der Waals surface area (Å²) in [6.07, 6.45) is 2.01. The van der Waals surface area contributed by atoms with Crippen molar-refractivity contribution in [2.45, 2.75) is 24.8 Å². The van der Waals surface area contributed by atoms with Gasteiger partial charge in [0.15, 0.2) is 0 Å². The Labute approximate surface area is 204 Å². The Kier molecular flexibility index (Phi) is 5.97. The molecule has 4 aromatic rings. The molecule has 0 saturated heterocycles. The van der Waals surface area contributed by atoms with Gasteiger partial charge in [-0.25, -0.2) is 9.18 Å². The third-order valence-corrected chi connectivity index (χ3v) is 7.34. The molecule has 0 aliphatic carbocycles. The SMILES string of the molecule is CSc1ccc(C2NC(=O)N(c3ccc(F)c(C)c3)C(C)=C2c2nc(-c3cccs3)no2)cc1. The molecule has 34 heavy (non-hydrogen) atoms. The van der Waals surface area contributed by atoms with Crippen LogP contribution >= 0.6 is 23.1 Å². The van der Waals surface area contributed by atoms with Crippen LogP contribution in [0.2, 0.25) is 0 Å². The van der Waals surface area contributed by atoms with Crippen LogP contribution in [-0.2, 0) is 0 Å². The van der Waals surface area contributed by atoms with E-state index in [1.807, 2.05) is 55.0 Å². The number of nitrogens with zero attached hydrogens (tertiary/aromatic N) is 3. The van der Waals surface area contributed by atoms with Crippen LogP contribution in [0, 0.1) is 12.7 Å². The van der Waals surface area contributed by atoms with Crippen molar-refractivity contribution in [1.29, 1.82) is 0 Å². The first-order chi connectivity index (χ1) is 16.5. The van der Waals surface area contributed by atoms with E-state index in [9.17, 15) is 9.18 Å². The van der Waals surface area contributed by atoms with Gasteiger partial charge in [0.2, 0.25) is 5.82 Å². The zero-order valence-corrected chi connectivity index (χ0v) is 20.3. The summed E-state index contributed by atoms with van der Waals surface area (Å²) in [4.78, 5) is 21.5. The third kappa shape index (κ3) is 4.01. The number of allylic oxidation sites excluding steroid dienone is 1. The van der Waals surface area contributed by atoms with Crippen LogP contribution in [0.25, 0.3) is 16.3 Å². The van der Waals surface area contributed by atoms with Crippen molar-refractivity contribution in [1.82, 2.24) is 15.5 Å². The highest BCUT2D eigenvalue weighted by atomic mass is 32.2. The molecule has 5 rings (SSSR count). The lowest BCUT2D eigenvalue weighted by Crippen LogP contribution is -2.46. The molecule has 172 valence electrons. The minimum Gasteiger partial charge on any atom is -0.334 e. The average Bonchev–Trinajstić information content (AvgIpc) is 3.53. The van der Waals surface area contributed by atoms with Crippen molar-refractivity contribution in [3.05, 3.63) is 88.5 Å². The second-order valence-electron chi connectivity index (χ2n) is 7.82. The molecule has 0 saturated carbocycles. The van der Waals surface area contributed by atoms with Gasteiger partial charge < -0.3 is 9.84 Å². The number of carbonyl (C=O) groups excluding carboxylic acids is 1. The van der Waals surface area contributed by atoms with Gasteiger partial charge in [-0.15, -0.1) is 23.1 Å². The number of aryl methyl sites for hydroxylation is 1. The Bertz CT molecular complexity index is 1380. The number of aromatic nitrogens is 2. The van der Waals surface area contributed by atoms with Crippen LogP contribution in [-0.4, -0.2) is 22.4 Å². The van der Waals surface area contributed by atoms with Gasteiger partial charge in [-0.3, -0.25) is 4.90 Å². The highest BCUT2D eigenvalue weighted by molar-refractivity contribution is 7.98. The van der Waals surface area contributed by atoms with Crippen molar-refractivity contribution in [3.8, 4) is 10.7 Å². The molecule has 6 nitrogen and oxygen atoms in total. The Hall–Kier alpha value is -3.43. The fourth-order valence-electron chi connectivity index (χ4n) is 3.98. The topological polar surface area (TPSA) is 71.3 Å². The normalized spacial score (nSPS) is 16.2. The Morgan fingerprint density at radius 1 is 1.15 bits per heavy atom. The number of thiophene rings is 1. The lowest BCUT2D eigenvalue weighted by Gasteiger charge is -2.35. The van der Waals surface area contributed by atoms with Gasteiger partial charge in [0.1, 0.15) is 5.82 Å². The van der Waals surface area contributed by atoms with Gasteiger partial charge in [0, 0.05) is 10.6 Å². The number of nitrogens with one attached hydrogen (secondary N) is 1. The van der Waals surface area contributed by atoms with E-state index in [1.165, 1.54) is 22.3 Å². The van der Waals surface area contributed by atoms with E-state index < -0.39 is 6.04 Å². The van der Waals surface area contributed by atoms with Gasteiger partial charge in [0.05, 0.1) is 22.2 Å². The minimum absolute atomic E-state index is 0.316. The highest BCUT2D eigenvalue weighted by Gasteiger charge is 2.36. The number of amides is 2. The number of halogens is 1. The molecular formula is C25H21FN4O2S2. The van der Waals surface area contributed by atoms with Crippen LogP contribution in [0.3, 0.4) is 0 Å². The number of rotatable bonds is 5. The molecule has 1 aliphatic rings. The molecule has 0 spiro atoms. The molecular weight excluding hydrogens is 471 g/mol. The Morgan fingerprint density at radius 3 is 2.62 bits per heavy atom. The first-order valence-electron chi connectivity index (χ1n) is 10.6. The number of thioether (sulfide) groups is 1. The Morgan fingerprint density at radius 2 is 1.94 bits per heavy atom. The summed E-state index contributed by atoms with van der Waals surface area (Å²) in [5, 5.41) is 9.20. The standard InChI is InChI=1S/C25H21FN4O2S2/c1-14-13-17(8-11-19(14)26)30-15(2)21(24-28-23(29-32-24)20-5-4-12-34-20)22(27-25(30)31)16-6-9-18(33-3)10-7-16/h4-13,22H,1-3H3,(H,27,31). The predicted octanol–water partition coefficient (Wildman–Crippen LogP) is 6.67. The highest BCUT2D eigenvalue weighted by Crippen LogP contribution is 2.40. The number of hydrogen-bond donors (Lipinski definition) is 1. The molecule has 2 aromatic carbocycles. The van der Waals surface area contributed by atoms with E-state index in [0.717, 1.165) is 15.3 Å². The number of benzene rings is 2. The summed E-state index contributed by atoms with van der Waals surface area (Å²) in [6, 6.07) is 15.6. The number of hydrogen-bond acceptors (Lipinski definition) is 6. The maximum Gasteiger partial charge on any atom is 0.326 e. The van der Waals surface area contributed by atoms with Gasteiger partial charge in [-0.1, -0.05) is 23.4 Å². The van der Waals surface area contributed by atoms with Crippen molar-refractivity contribution in [3.63, 3.8) is 0 Å². The van der Waals surface area contributed by atoms with Crippen LogP contribution in [0.5, 0.6) is 0 Å². The summed E-state index contributed by atoms with van der Waals surface area (Å²) in [5.41, 5.74) is 3.22. The van der Waals surface area contributed by atoms with Crippen molar-refractivity contribution in [2.24, 2.45) is 0 Å². The second-order valence-corrected chi connectivity index (χ2v) is 9.65. The molecule has 1 N–H and O–H groups in total. The summed E-state index contributed by atoms with van der Waals surface area (Å²) in [6.45, 7) is 3.51. The van der Waals surface area contributed by atoms with Crippen molar-refractivity contribution >= 4 is 40.4 Å². The molecule has 1 unspecified atom stereocenters. The molecule has 1 atom stereocenters. The molecule has 2 aromatic heterocycles. The van der Waals surface area contributed by atoms with E-state index in [2.05, 4.69) is 15.5 Å². The third-order valence-electron chi connectivity index (χ3n) is 5.73. The first-order valence-corrected chi connectivity index (χ1v) is 12.7. The molecule has 1 aliphatic heterocycles. The van der Waals surface area contributed by atoms with Crippen LogP contribution in [0.4, 0.5) is 14.9 Å². The molecule has 0 radical (unpaired) electrons. The summed E-state index contributed by atoms with van der Waals surface area (Å²) in [7, 11) is 0. The molecule has 2 amide bonds. The summed E-state index contributed by atoms with van der Waals surface area (Å²) >= 11 is 3.17. The Balaban J connectivity index is 1.65.